The fourth-order valence-corrected chi connectivity index (χ4v) is 11.1. The Hall–Kier alpha value is -0.160. The minimum absolute atomic E-state index is 0.0630. The molecule has 5 aliphatic rings. The van der Waals surface area contributed by atoms with E-state index in [1.165, 1.54) is 12.8 Å². The van der Waals surface area contributed by atoms with Crippen molar-refractivity contribution in [3.8, 4) is 0 Å². The molecule has 4 aliphatic carbocycles. The minimum Gasteiger partial charge on any atom is -0.393 e. The first-order valence-corrected chi connectivity index (χ1v) is 14.3. The first-order chi connectivity index (χ1) is 15.5. The van der Waals surface area contributed by atoms with Gasteiger partial charge in [0.15, 0.2) is 0 Å². The van der Waals surface area contributed by atoms with Gasteiger partial charge < -0.3 is 20.1 Å². The molecule has 34 heavy (non-hydrogen) atoms. The first kappa shape index (κ1) is 25.5. The molecule has 4 nitrogen and oxygen atoms in total. The average Bonchev–Trinajstić information content (AvgIpc) is 3.30. The summed E-state index contributed by atoms with van der Waals surface area (Å²) >= 11 is 0. The maximum absolute atomic E-state index is 11.9. The van der Waals surface area contributed by atoms with Gasteiger partial charge in [-0.2, -0.15) is 0 Å². The van der Waals surface area contributed by atoms with Crippen molar-refractivity contribution in [1.82, 2.24) is 0 Å². The highest BCUT2D eigenvalue weighted by atomic mass is 16.5. The third-order valence-corrected chi connectivity index (χ3v) is 13.3. The van der Waals surface area contributed by atoms with E-state index in [1.54, 1.807) is 0 Å². The SMILES string of the molecule is CC(C)(O)[C@@H]1CCC(C)([C@H]2CC[C@]3(C)[C@@H]2[C@H](O)C[C@@H]2[C@@]4(C)CC[C@H](O)C(C)(C)[C@@H]4CC[C@]23C)O1. The van der Waals surface area contributed by atoms with Gasteiger partial charge in [-0.15, -0.1) is 0 Å². The average molecular weight is 477 g/mol. The largest absolute Gasteiger partial charge is 0.393 e. The summed E-state index contributed by atoms with van der Waals surface area (Å²) in [5.74, 6) is 1.59. The predicted octanol–water partition coefficient (Wildman–Crippen LogP) is 5.71. The molecular weight excluding hydrogens is 424 g/mol. The summed E-state index contributed by atoms with van der Waals surface area (Å²) in [4.78, 5) is 0. The predicted molar refractivity (Wildman–Crippen MR) is 135 cm³/mol. The highest BCUT2D eigenvalue weighted by Gasteiger charge is 2.71. The number of rotatable bonds is 2. The topological polar surface area (TPSA) is 69.9 Å². The molecule has 1 unspecified atom stereocenters. The second kappa shape index (κ2) is 7.45. The highest BCUT2D eigenvalue weighted by Crippen LogP contribution is 2.76. The van der Waals surface area contributed by atoms with Crippen LogP contribution in [0.4, 0.5) is 0 Å². The molecule has 1 aliphatic heterocycles. The van der Waals surface area contributed by atoms with Crippen LogP contribution in [0.15, 0.2) is 0 Å². The van der Waals surface area contributed by atoms with Crippen molar-refractivity contribution in [2.75, 3.05) is 0 Å². The molecule has 0 amide bonds. The fourth-order valence-electron chi connectivity index (χ4n) is 11.1. The van der Waals surface area contributed by atoms with Crippen LogP contribution in [0.25, 0.3) is 0 Å². The molecule has 4 heteroatoms. The molecule has 0 aromatic carbocycles. The minimum atomic E-state index is -0.826. The lowest BCUT2D eigenvalue weighted by atomic mass is 9.35. The number of hydrogen-bond donors (Lipinski definition) is 3. The van der Waals surface area contributed by atoms with Crippen LogP contribution in [-0.4, -0.2) is 44.8 Å². The van der Waals surface area contributed by atoms with Gasteiger partial charge in [-0.25, -0.2) is 0 Å². The van der Waals surface area contributed by atoms with E-state index in [2.05, 4.69) is 41.5 Å². The van der Waals surface area contributed by atoms with Crippen molar-refractivity contribution in [3.05, 3.63) is 0 Å². The molecule has 0 radical (unpaired) electrons. The van der Waals surface area contributed by atoms with Gasteiger partial charge >= 0.3 is 0 Å². The number of aliphatic hydroxyl groups is 3. The summed E-state index contributed by atoms with van der Waals surface area (Å²) in [7, 11) is 0. The fraction of sp³-hybridized carbons (Fsp3) is 1.00. The number of hydrogen-bond acceptors (Lipinski definition) is 4. The summed E-state index contributed by atoms with van der Waals surface area (Å²) < 4.78 is 6.66. The van der Waals surface area contributed by atoms with Crippen LogP contribution in [0.3, 0.4) is 0 Å². The summed E-state index contributed by atoms with van der Waals surface area (Å²) in [6.45, 7) is 18.1. The van der Waals surface area contributed by atoms with Crippen LogP contribution in [0.1, 0.15) is 113 Å². The number of ether oxygens (including phenoxy) is 1. The van der Waals surface area contributed by atoms with Gasteiger partial charge in [-0.3, -0.25) is 0 Å². The Balaban J connectivity index is 1.48. The van der Waals surface area contributed by atoms with E-state index in [9.17, 15) is 15.3 Å². The van der Waals surface area contributed by atoms with Gasteiger partial charge in [-0.1, -0.05) is 34.6 Å². The molecule has 0 aromatic rings. The summed E-state index contributed by atoms with van der Waals surface area (Å²) in [6, 6.07) is 0. The van der Waals surface area contributed by atoms with Gasteiger partial charge in [0.1, 0.15) is 0 Å². The zero-order valence-corrected chi connectivity index (χ0v) is 23.2. The van der Waals surface area contributed by atoms with E-state index in [0.29, 0.717) is 17.8 Å². The van der Waals surface area contributed by atoms with Crippen LogP contribution < -0.4 is 0 Å². The Morgan fingerprint density at radius 2 is 1.41 bits per heavy atom. The van der Waals surface area contributed by atoms with Crippen LogP contribution in [-0.2, 0) is 4.74 Å². The van der Waals surface area contributed by atoms with Crippen LogP contribution >= 0.6 is 0 Å². The lowest BCUT2D eigenvalue weighted by Gasteiger charge is -2.70. The van der Waals surface area contributed by atoms with Gasteiger partial charge in [0, 0.05) is 0 Å². The molecule has 1 heterocycles. The first-order valence-electron chi connectivity index (χ1n) is 14.3. The molecule has 196 valence electrons. The summed E-state index contributed by atoms with van der Waals surface area (Å²) in [6.07, 6.45) is 8.72. The zero-order chi connectivity index (χ0) is 25.1. The number of fused-ring (bicyclic) bond motifs is 5. The van der Waals surface area contributed by atoms with Crippen molar-refractivity contribution in [3.63, 3.8) is 0 Å². The summed E-state index contributed by atoms with van der Waals surface area (Å²) in [5.41, 5.74) is -0.703. The lowest BCUT2D eigenvalue weighted by Crippen LogP contribution is -2.66. The van der Waals surface area contributed by atoms with Crippen LogP contribution in [0.5, 0.6) is 0 Å². The van der Waals surface area contributed by atoms with Crippen molar-refractivity contribution in [2.24, 2.45) is 45.3 Å². The van der Waals surface area contributed by atoms with E-state index in [0.717, 1.165) is 44.9 Å². The van der Waals surface area contributed by atoms with Gasteiger partial charge in [-0.05, 0) is 124 Å². The summed E-state index contributed by atoms with van der Waals surface area (Å²) in [5, 5.41) is 33.4. The van der Waals surface area contributed by atoms with Crippen LogP contribution in [0, 0.1) is 45.3 Å². The van der Waals surface area contributed by atoms with E-state index in [-0.39, 0.29) is 51.5 Å². The smallest absolute Gasteiger partial charge is 0.0865 e. The quantitative estimate of drug-likeness (QED) is 0.477. The normalized spacial score (nSPS) is 57.1. The van der Waals surface area contributed by atoms with E-state index >= 15 is 0 Å². The van der Waals surface area contributed by atoms with Gasteiger partial charge in [0.2, 0.25) is 0 Å². The molecule has 5 fully saturated rings. The van der Waals surface area contributed by atoms with Crippen molar-refractivity contribution in [1.29, 1.82) is 0 Å². The molecule has 3 N–H and O–H groups in total. The number of aliphatic hydroxyl groups excluding tert-OH is 2. The third-order valence-electron chi connectivity index (χ3n) is 13.3. The Morgan fingerprint density at radius 1 is 0.765 bits per heavy atom. The molecule has 5 rings (SSSR count). The highest BCUT2D eigenvalue weighted by molar-refractivity contribution is 5.20. The molecule has 11 atom stereocenters. The van der Waals surface area contributed by atoms with E-state index in [4.69, 9.17) is 4.74 Å². The molecular formula is C30H52O4. The molecule has 0 aromatic heterocycles. The molecule has 0 bridgehead atoms. The maximum Gasteiger partial charge on any atom is 0.0865 e. The van der Waals surface area contributed by atoms with Crippen molar-refractivity contribution < 1.29 is 20.1 Å². The van der Waals surface area contributed by atoms with Gasteiger partial charge in [0.25, 0.3) is 0 Å². The lowest BCUT2D eigenvalue weighted by molar-refractivity contribution is -0.248. The second-order valence-electron chi connectivity index (χ2n) is 15.4. The van der Waals surface area contributed by atoms with E-state index in [1.807, 2.05) is 13.8 Å². The maximum atomic E-state index is 11.9. The van der Waals surface area contributed by atoms with Crippen molar-refractivity contribution in [2.45, 2.75) is 143 Å². The monoisotopic (exact) mass is 476 g/mol. The Bertz CT molecular complexity index is 817. The van der Waals surface area contributed by atoms with Crippen molar-refractivity contribution >= 4 is 0 Å². The van der Waals surface area contributed by atoms with E-state index < -0.39 is 5.60 Å². The molecule has 4 saturated carbocycles. The third kappa shape index (κ3) is 3.16. The van der Waals surface area contributed by atoms with Gasteiger partial charge in [0.05, 0.1) is 29.5 Å². The second-order valence-corrected chi connectivity index (χ2v) is 15.4. The standard InChI is InChI=1S/C30H52O4/c1-25(2)20-10-15-28(6)21(27(20,5)13-11-22(25)32)17-19(31)24-18(9-14-29(24,28)7)30(8)16-12-23(34-30)26(3,4)33/h18-24,31-33H,9-17H2,1-8H3/t18-,19+,20-,21+,22-,23-,24-,27-,28+,29+,30?/m0/s1. The Kier molecular flexibility index (Phi) is 5.59. The Labute approximate surface area is 208 Å². The molecule has 1 saturated heterocycles. The zero-order valence-electron chi connectivity index (χ0n) is 23.2. The Morgan fingerprint density at radius 3 is 2.03 bits per heavy atom. The molecule has 0 spiro atoms. The van der Waals surface area contributed by atoms with Crippen LogP contribution in [0.2, 0.25) is 0 Å².